The maximum atomic E-state index is 12.5. The molecule has 2 heterocycles. The number of rotatable bonds is 10. The van der Waals surface area contributed by atoms with Gasteiger partial charge < -0.3 is 5.11 Å². The van der Waals surface area contributed by atoms with Crippen LogP contribution in [0.15, 0.2) is 188 Å². The molecule has 0 aliphatic carbocycles. The molecule has 8 aromatic carbocycles. The summed E-state index contributed by atoms with van der Waals surface area (Å²) in [5.41, 5.74) is 16.4. The van der Waals surface area contributed by atoms with Crippen LogP contribution in [0.1, 0.15) is 86.7 Å². The minimum absolute atomic E-state index is 0. The Morgan fingerprint density at radius 2 is 1.19 bits per heavy atom. The predicted octanol–water partition coefficient (Wildman–Crippen LogP) is 17.4. The molecule has 10 rings (SSSR count). The Hall–Kier alpha value is -7.13. The van der Waals surface area contributed by atoms with Crippen molar-refractivity contribution in [3.8, 4) is 89.7 Å². The molecule has 0 amide bonds. The molecule has 0 spiro atoms. The second-order valence-corrected chi connectivity index (χ2v) is 19.7. The van der Waals surface area contributed by atoms with Gasteiger partial charge in [-0.3, -0.25) is 9.55 Å². The Morgan fingerprint density at radius 3 is 1.81 bits per heavy atom. The Kier molecular flexibility index (Phi) is 12.4. The van der Waals surface area contributed by atoms with Crippen LogP contribution in [-0.2, 0) is 26.5 Å². The Bertz CT molecular complexity index is 3600. The third-order valence-corrected chi connectivity index (χ3v) is 13.3. The molecule has 0 fully saturated rings. The summed E-state index contributed by atoms with van der Waals surface area (Å²) < 4.78 is 29.3. The van der Waals surface area contributed by atoms with Crippen LogP contribution in [0.4, 0.5) is 0 Å². The smallest absolute Gasteiger partial charge is 0.148 e. The first-order chi connectivity index (χ1) is 34.5. The maximum Gasteiger partial charge on any atom is 0.148 e. The fourth-order valence-electron chi connectivity index (χ4n) is 9.41. The van der Waals surface area contributed by atoms with Gasteiger partial charge in [-0.2, -0.15) is 0 Å². The number of phenolic OH excluding ortho intramolecular Hbond substituents is 1. The first-order valence-electron chi connectivity index (χ1n) is 25.4. The molecule has 0 saturated heterocycles. The van der Waals surface area contributed by atoms with E-state index in [2.05, 4.69) is 144 Å². The van der Waals surface area contributed by atoms with Crippen LogP contribution in [-0.4, -0.2) is 19.6 Å². The molecular weight excluding hydrogens is 1030 g/mol. The van der Waals surface area contributed by atoms with Gasteiger partial charge in [0.1, 0.15) is 11.6 Å². The van der Waals surface area contributed by atoms with Crippen molar-refractivity contribution < 1.29 is 30.3 Å². The predicted molar refractivity (Wildman–Crippen MR) is 289 cm³/mol. The van der Waals surface area contributed by atoms with E-state index in [0.717, 1.165) is 78.0 Å². The van der Waals surface area contributed by atoms with E-state index < -0.39 is 6.85 Å². The molecule has 1 N–H and O–H groups in total. The molecule has 0 radical (unpaired) electrons. The van der Waals surface area contributed by atoms with Gasteiger partial charge in [0.2, 0.25) is 0 Å². The van der Waals surface area contributed by atoms with Crippen LogP contribution >= 0.6 is 0 Å². The van der Waals surface area contributed by atoms with Crippen molar-refractivity contribution in [1.29, 1.82) is 0 Å². The fraction of sp³-hybridized carbons (Fsp3) is 0.169. The van der Waals surface area contributed by atoms with E-state index in [1.54, 1.807) is 0 Å². The molecule has 0 aliphatic heterocycles. The molecule has 70 heavy (non-hydrogen) atoms. The topological polar surface area (TPSA) is 50.9 Å². The number of pyridine rings is 1. The Morgan fingerprint density at radius 1 is 0.557 bits per heavy atom. The molecular formula is C65H58N3OPt-. The quantitative estimate of drug-likeness (QED) is 0.139. The zero-order chi connectivity index (χ0) is 50.5. The third-order valence-electron chi connectivity index (χ3n) is 13.3. The van der Waals surface area contributed by atoms with Gasteiger partial charge >= 0.3 is 0 Å². The van der Waals surface area contributed by atoms with E-state index in [4.69, 9.17) is 14.1 Å². The number of aryl methyl sites for hydroxylation is 1. The monoisotopic (exact) mass is 1090 g/mol. The molecule has 10 aromatic rings. The molecule has 0 saturated carbocycles. The van der Waals surface area contributed by atoms with Crippen LogP contribution in [0.5, 0.6) is 5.75 Å². The summed E-state index contributed by atoms with van der Waals surface area (Å²) in [6.45, 7) is 12.6. The van der Waals surface area contributed by atoms with Crippen LogP contribution in [0.25, 0.3) is 95.0 Å². The second kappa shape index (κ2) is 19.7. The van der Waals surface area contributed by atoms with Crippen molar-refractivity contribution in [1.82, 2.24) is 14.5 Å². The van der Waals surface area contributed by atoms with Gasteiger partial charge in [-0.1, -0.05) is 205 Å². The van der Waals surface area contributed by atoms with Gasteiger partial charge in [-0.15, -0.1) is 23.8 Å². The van der Waals surface area contributed by atoms with Crippen LogP contribution in [0.2, 0.25) is 0 Å². The van der Waals surface area contributed by atoms with Gasteiger partial charge in [0, 0.05) is 42.6 Å². The van der Waals surface area contributed by atoms with E-state index >= 15 is 0 Å². The summed E-state index contributed by atoms with van der Waals surface area (Å²) in [5.74, 6) is 0.780. The van der Waals surface area contributed by atoms with Crippen LogP contribution in [0, 0.1) is 12.9 Å². The number of benzene rings is 8. The molecule has 350 valence electrons. The SMILES string of the molecule is [2H]C([2H])([2H])c1cc(-n2c(-c3cc(C(C)C)cc(C(C)C)c3O)nc3c(-c4[c-]c(-c5cc(-c6ccccc6)ccn5)cc(-c5ccccc5)c4)cccc32)c(-c2ccc(C(C)(C)C)cc2)cc1-c1ccccc1.[Pt]. The van der Waals surface area contributed by atoms with E-state index in [1.165, 1.54) is 5.56 Å². The molecule has 0 atom stereocenters. The van der Waals surface area contributed by atoms with E-state index in [9.17, 15) is 5.11 Å². The zero-order valence-corrected chi connectivity index (χ0v) is 42.9. The number of hydrogen-bond acceptors (Lipinski definition) is 3. The molecule has 4 nitrogen and oxygen atoms in total. The van der Waals surface area contributed by atoms with E-state index in [1.807, 2.05) is 103 Å². The van der Waals surface area contributed by atoms with Crippen molar-refractivity contribution in [2.75, 3.05) is 0 Å². The van der Waals surface area contributed by atoms with E-state index in [0.29, 0.717) is 28.2 Å². The number of nitrogens with zero attached hydrogens (tertiary/aromatic N) is 3. The van der Waals surface area contributed by atoms with Crippen LogP contribution < -0.4 is 0 Å². The summed E-state index contributed by atoms with van der Waals surface area (Å²) in [7, 11) is 0. The Balaban J connectivity index is 0.00000656. The largest absolute Gasteiger partial charge is 0.507 e. The van der Waals surface area contributed by atoms with Gasteiger partial charge in [-0.25, -0.2) is 4.98 Å². The molecule has 0 aliphatic rings. The Labute approximate surface area is 432 Å². The summed E-state index contributed by atoms with van der Waals surface area (Å²) in [4.78, 5) is 10.5. The third kappa shape index (κ3) is 9.34. The number of aromatic nitrogens is 3. The number of para-hydroxylation sites is 1. The molecule has 2 aromatic heterocycles. The fourth-order valence-corrected chi connectivity index (χ4v) is 9.41. The van der Waals surface area contributed by atoms with Gasteiger partial charge in [-0.05, 0) is 110 Å². The molecule has 0 bridgehead atoms. The van der Waals surface area contributed by atoms with Gasteiger partial charge in [0.05, 0.1) is 22.3 Å². The second-order valence-electron chi connectivity index (χ2n) is 19.7. The van der Waals surface area contributed by atoms with Gasteiger partial charge in [0.15, 0.2) is 0 Å². The average Bonchev–Trinajstić information content (AvgIpc) is 3.78. The summed E-state index contributed by atoms with van der Waals surface area (Å²) >= 11 is 0. The van der Waals surface area contributed by atoms with Crippen molar-refractivity contribution in [2.24, 2.45) is 0 Å². The van der Waals surface area contributed by atoms with Crippen molar-refractivity contribution in [2.45, 2.75) is 72.6 Å². The summed E-state index contributed by atoms with van der Waals surface area (Å²) in [6, 6.07) is 65.4. The van der Waals surface area contributed by atoms with Gasteiger partial charge in [0.25, 0.3) is 0 Å². The first kappa shape index (κ1) is 44.1. The number of fused-ring (bicyclic) bond motifs is 1. The first-order valence-corrected chi connectivity index (χ1v) is 23.9. The maximum absolute atomic E-state index is 12.5. The standard InChI is InChI=1S/C65H58N3O.Pt/c1-41(2)49-37-55(42(3)4)63(69)58(38-49)64-67-62-54(51-34-50(45-21-14-10-15-22-45)35-52(36-51)59-39-48(31-32-66-59)44-19-12-9-13-20-44)25-18-26-60(62)68(64)61-33-43(5)56(46-23-16-11-17-24-46)40-57(61)47-27-29-53(30-28-47)65(6,7)8;/h9-35,37-42,69H,1-8H3;/q-1;/i5D3;. The number of aromatic hydroxyl groups is 1. The van der Waals surface area contributed by atoms with Crippen molar-refractivity contribution >= 4 is 11.0 Å². The minimum atomic E-state index is -2.49. The normalized spacial score (nSPS) is 12.4. The number of hydrogen-bond donors (Lipinski definition) is 1. The average molecular weight is 1100 g/mol. The zero-order valence-electron chi connectivity index (χ0n) is 43.7. The van der Waals surface area contributed by atoms with E-state index in [-0.39, 0.29) is 49.6 Å². The van der Waals surface area contributed by atoms with Crippen LogP contribution in [0.3, 0.4) is 0 Å². The summed E-state index contributed by atoms with van der Waals surface area (Å²) in [6.07, 6.45) is 1.85. The van der Waals surface area contributed by atoms with Crippen molar-refractivity contribution in [3.63, 3.8) is 0 Å². The molecule has 5 heteroatoms. The summed E-state index contributed by atoms with van der Waals surface area (Å²) in [5, 5.41) is 12.5. The van der Waals surface area contributed by atoms with Crippen molar-refractivity contribution in [3.05, 3.63) is 217 Å². The number of imidazole rings is 1. The number of phenols is 1. The minimum Gasteiger partial charge on any atom is -0.507 e. The molecule has 0 unspecified atom stereocenters.